The average molecular weight is 492 g/mol. The van der Waals surface area contributed by atoms with E-state index in [4.69, 9.17) is 4.74 Å². The summed E-state index contributed by atoms with van der Waals surface area (Å²) < 4.78 is 5.48. The van der Waals surface area contributed by atoms with E-state index >= 15 is 0 Å². The molecule has 27 heavy (non-hydrogen) atoms. The molecule has 7 heteroatoms. The number of amides is 1. The molecule has 3 aliphatic rings. The van der Waals surface area contributed by atoms with Crippen LogP contribution in [-0.2, 0) is 4.74 Å². The van der Waals surface area contributed by atoms with Crippen molar-refractivity contribution in [3.8, 4) is 0 Å². The maximum Gasteiger partial charge on any atom is 0.410 e. The van der Waals surface area contributed by atoms with Crippen LogP contribution < -0.4 is 5.32 Å². The molecule has 1 saturated carbocycles. The molecular weight excluding hydrogens is 455 g/mol. The van der Waals surface area contributed by atoms with Gasteiger partial charge in [0.15, 0.2) is 5.96 Å². The molecule has 2 aliphatic heterocycles. The van der Waals surface area contributed by atoms with E-state index in [1.165, 1.54) is 32.2 Å². The molecule has 1 aliphatic carbocycles. The Balaban J connectivity index is 0.00000261. The summed E-state index contributed by atoms with van der Waals surface area (Å²) >= 11 is 0. The Morgan fingerprint density at radius 1 is 1.15 bits per heavy atom. The molecule has 0 bridgehead atoms. The molecule has 0 aromatic rings. The molecule has 0 radical (unpaired) electrons. The molecule has 3 rings (SSSR count). The van der Waals surface area contributed by atoms with Crippen molar-refractivity contribution in [3.05, 3.63) is 0 Å². The number of halogens is 1. The van der Waals surface area contributed by atoms with Crippen LogP contribution >= 0.6 is 24.0 Å². The minimum Gasteiger partial charge on any atom is -0.444 e. The first-order valence-corrected chi connectivity index (χ1v) is 10.2. The summed E-state index contributed by atoms with van der Waals surface area (Å²) in [4.78, 5) is 21.0. The Labute approximate surface area is 181 Å². The Kier molecular flexibility index (Phi) is 7.67. The number of ether oxygens (including phenoxy) is 1. The van der Waals surface area contributed by atoms with Crippen molar-refractivity contribution in [1.82, 2.24) is 15.1 Å². The van der Waals surface area contributed by atoms with Crippen molar-refractivity contribution in [2.24, 2.45) is 16.3 Å². The maximum absolute atomic E-state index is 12.2. The fourth-order valence-electron chi connectivity index (χ4n) is 4.41. The normalized spacial score (nSPS) is 23.0. The van der Waals surface area contributed by atoms with Gasteiger partial charge in [0, 0.05) is 39.8 Å². The van der Waals surface area contributed by atoms with Gasteiger partial charge in [0.1, 0.15) is 5.60 Å². The van der Waals surface area contributed by atoms with Gasteiger partial charge in [-0.2, -0.15) is 0 Å². The number of hydrogen-bond acceptors (Lipinski definition) is 3. The molecular formula is C20H37IN4O2. The highest BCUT2D eigenvalue weighted by Gasteiger charge is 2.43. The molecule has 0 atom stereocenters. The molecule has 2 saturated heterocycles. The molecule has 3 fully saturated rings. The van der Waals surface area contributed by atoms with E-state index in [0.717, 1.165) is 45.0 Å². The number of aliphatic imine (C=N–C) groups is 1. The zero-order chi connectivity index (χ0) is 18.8. The number of nitrogens with one attached hydrogen (secondary N) is 1. The van der Waals surface area contributed by atoms with Gasteiger partial charge in [-0.05, 0) is 64.2 Å². The van der Waals surface area contributed by atoms with E-state index in [0.29, 0.717) is 11.3 Å². The highest BCUT2D eigenvalue weighted by Crippen LogP contribution is 2.47. The van der Waals surface area contributed by atoms with Crippen molar-refractivity contribution < 1.29 is 9.53 Å². The lowest BCUT2D eigenvalue weighted by Gasteiger charge is -2.38. The lowest BCUT2D eigenvalue weighted by atomic mass is 9.68. The molecule has 2 heterocycles. The van der Waals surface area contributed by atoms with E-state index in [1.54, 1.807) is 0 Å². The monoisotopic (exact) mass is 492 g/mol. The number of piperidine rings is 1. The minimum absolute atomic E-state index is 0. The summed E-state index contributed by atoms with van der Waals surface area (Å²) in [6.07, 6.45) is 7.37. The van der Waals surface area contributed by atoms with Crippen LogP contribution in [0.2, 0.25) is 0 Å². The van der Waals surface area contributed by atoms with Crippen LogP contribution in [0.1, 0.15) is 59.3 Å². The largest absolute Gasteiger partial charge is 0.444 e. The smallest absolute Gasteiger partial charge is 0.410 e. The Morgan fingerprint density at radius 2 is 1.81 bits per heavy atom. The highest BCUT2D eigenvalue weighted by atomic mass is 127. The van der Waals surface area contributed by atoms with Gasteiger partial charge < -0.3 is 19.9 Å². The quantitative estimate of drug-likeness (QED) is 0.363. The topological polar surface area (TPSA) is 57.2 Å². The molecule has 0 aromatic heterocycles. The second-order valence-corrected chi connectivity index (χ2v) is 9.36. The molecule has 0 unspecified atom stereocenters. The van der Waals surface area contributed by atoms with Crippen molar-refractivity contribution in [2.45, 2.75) is 64.9 Å². The van der Waals surface area contributed by atoms with E-state index in [9.17, 15) is 4.79 Å². The number of rotatable bonds is 2. The Morgan fingerprint density at radius 3 is 2.30 bits per heavy atom. The summed E-state index contributed by atoms with van der Waals surface area (Å²) in [6, 6.07) is 0. The zero-order valence-electron chi connectivity index (χ0n) is 17.4. The summed E-state index contributed by atoms with van der Waals surface area (Å²) in [5.41, 5.74) is 0.173. The minimum atomic E-state index is -0.421. The molecule has 1 amide bonds. The van der Waals surface area contributed by atoms with Crippen molar-refractivity contribution in [2.75, 3.05) is 39.8 Å². The Hall–Kier alpha value is -0.730. The van der Waals surface area contributed by atoms with Gasteiger partial charge in [-0.3, -0.25) is 4.99 Å². The molecule has 1 spiro atoms. The number of carbonyl (C=O) groups is 1. The van der Waals surface area contributed by atoms with Gasteiger partial charge >= 0.3 is 6.09 Å². The summed E-state index contributed by atoms with van der Waals surface area (Å²) in [7, 11) is 1.89. The van der Waals surface area contributed by atoms with Crippen LogP contribution in [0.25, 0.3) is 0 Å². The van der Waals surface area contributed by atoms with E-state index in [1.807, 2.05) is 32.7 Å². The van der Waals surface area contributed by atoms with Crippen LogP contribution in [0, 0.1) is 11.3 Å². The lowest BCUT2D eigenvalue weighted by molar-refractivity contribution is 0.0185. The predicted molar refractivity (Wildman–Crippen MR) is 120 cm³/mol. The van der Waals surface area contributed by atoms with Gasteiger partial charge in [0.2, 0.25) is 0 Å². The van der Waals surface area contributed by atoms with Gasteiger partial charge in [0.25, 0.3) is 0 Å². The van der Waals surface area contributed by atoms with E-state index in [-0.39, 0.29) is 30.1 Å². The number of likely N-dealkylation sites (tertiary alicyclic amines) is 2. The van der Waals surface area contributed by atoms with Crippen LogP contribution in [0.4, 0.5) is 4.79 Å². The van der Waals surface area contributed by atoms with Crippen LogP contribution in [0.15, 0.2) is 4.99 Å². The summed E-state index contributed by atoms with van der Waals surface area (Å²) in [6.45, 7) is 10.6. The van der Waals surface area contributed by atoms with Gasteiger partial charge in [0.05, 0.1) is 0 Å². The third-order valence-corrected chi connectivity index (χ3v) is 6.18. The number of guanidine groups is 1. The summed E-state index contributed by atoms with van der Waals surface area (Å²) in [5, 5.41) is 3.59. The van der Waals surface area contributed by atoms with Crippen LogP contribution in [0.5, 0.6) is 0 Å². The van der Waals surface area contributed by atoms with Crippen molar-refractivity contribution >= 4 is 36.0 Å². The standard InChI is InChI=1S/C20H36N4O2.HI/c1-19(2,3)26-18(25)23-11-6-16(7-12-23)14-22-17(21-4)24-13-10-20(15-24)8-5-9-20;/h16H,5-15H2,1-4H3,(H,21,22);1H. The fourth-order valence-corrected chi connectivity index (χ4v) is 4.41. The number of hydrogen-bond donors (Lipinski definition) is 1. The first kappa shape index (κ1) is 22.6. The van der Waals surface area contributed by atoms with Crippen LogP contribution in [0.3, 0.4) is 0 Å². The van der Waals surface area contributed by atoms with E-state index < -0.39 is 5.60 Å². The van der Waals surface area contributed by atoms with Crippen molar-refractivity contribution in [3.63, 3.8) is 0 Å². The van der Waals surface area contributed by atoms with Gasteiger partial charge in [-0.25, -0.2) is 4.79 Å². The number of carbonyl (C=O) groups excluding carboxylic acids is 1. The lowest BCUT2D eigenvalue weighted by Crippen LogP contribution is -2.46. The molecule has 0 aromatic carbocycles. The third-order valence-electron chi connectivity index (χ3n) is 6.18. The van der Waals surface area contributed by atoms with Crippen LogP contribution in [-0.4, -0.2) is 67.2 Å². The summed E-state index contributed by atoms with van der Waals surface area (Å²) in [5.74, 6) is 1.65. The highest BCUT2D eigenvalue weighted by molar-refractivity contribution is 14.0. The average Bonchev–Trinajstić information content (AvgIpc) is 3.00. The van der Waals surface area contributed by atoms with E-state index in [2.05, 4.69) is 15.2 Å². The molecule has 6 nitrogen and oxygen atoms in total. The Bertz CT molecular complexity index is 535. The first-order valence-electron chi connectivity index (χ1n) is 10.2. The molecule has 156 valence electrons. The maximum atomic E-state index is 12.2. The van der Waals surface area contributed by atoms with Crippen molar-refractivity contribution in [1.29, 1.82) is 0 Å². The number of nitrogens with zero attached hydrogens (tertiary/aromatic N) is 3. The van der Waals surface area contributed by atoms with Gasteiger partial charge in [-0.1, -0.05) is 6.42 Å². The second kappa shape index (κ2) is 9.18. The zero-order valence-corrected chi connectivity index (χ0v) is 19.8. The SMILES string of the molecule is CN=C(NCC1CCN(C(=O)OC(C)(C)C)CC1)N1CCC2(CCC2)C1.I. The fraction of sp³-hybridized carbons (Fsp3) is 0.900. The third kappa shape index (κ3) is 5.87. The second-order valence-electron chi connectivity index (χ2n) is 9.36. The molecule has 1 N–H and O–H groups in total. The van der Waals surface area contributed by atoms with Gasteiger partial charge in [-0.15, -0.1) is 24.0 Å². The predicted octanol–water partition coefficient (Wildman–Crippen LogP) is 3.70. The first-order chi connectivity index (χ1) is 12.3.